The molecule has 4 nitrogen and oxygen atoms in total. The molecule has 0 aromatic heterocycles. The van der Waals surface area contributed by atoms with Crippen molar-refractivity contribution in [3.8, 4) is 0 Å². The van der Waals surface area contributed by atoms with E-state index in [1.807, 2.05) is 0 Å². The van der Waals surface area contributed by atoms with Crippen LogP contribution in [0.5, 0.6) is 0 Å². The quantitative estimate of drug-likeness (QED) is 0.751. The molecule has 2 atom stereocenters. The minimum Gasteiger partial charge on any atom is -0.448 e. The lowest BCUT2D eigenvalue weighted by molar-refractivity contribution is 0.0888. The monoisotopic (exact) mass is 212 g/mol. The van der Waals surface area contributed by atoms with Gasteiger partial charge in [0, 0.05) is 18.6 Å². The molecular formula is C11H20N2O2. The van der Waals surface area contributed by atoms with Gasteiger partial charge in [0.2, 0.25) is 0 Å². The molecule has 4 heteroatoms. The van der Waals surface area contributed by atoms with Gasteiger partial charge in [-0.3, -0.25) is 4.90 Å². The average molecular weight is 212 g/mol. The third-order valence-corrected chi connectivity index (χ3v) is 3.88. The molecule has 0 aromatic rings. The Labute approximate surface area is 91.0 Å². The molecule has 2 heterocycles. The normalized spacial score (nSPS) is 35.2. The highest BCUT2D eigenvalue weighted by Crippen LogP contribution is 2.41. The Hall–Kier alpha value is -0.770. The molecule has 1 amide bonds. The van der Waals surface area contributed by atoms with Crippen LogP contribution in [0, 0.1) is 0 Å². The molecule has 0 radical (unpaired) electrons. The van der Waals surface area contributed by atoms with E-state index in [1.165, 1.54) is 19.3 Å². The first kappa shape index (κ1) is 10.7. The van der Waals surface area contributed by atoms with Crippen molar-refractivity contribution in [2.45, 2.75) is 44.2 Å². The number of nitrogens with one attached hydrogen (secondary N) is 1. The van der Waals surface area contributed by atoms with Gasteiger partial charge in [0.15, 0.2) is 0 Å². The lowest BCUT2D eigenvalue weighted by atomic mass is 9.97. The molecule has 2 fully saturated rings. The standard InChI is InChI=1S/C11H20N2O2/c1-11-5-3-7-13(11)9(4-6-11)8-15-10(14)12-2/h9H,3-8H2,1-2H3,(H,12,14). The van der Waals surface area contributed by atoms with Crippen LogP contribution in [-0.4, -0.2) is 42.8 Å². The number of carbonyl (C=O) groups excluding carboxylic acids is 1. The van der Waals surface area contributed by atoms with Gasteiger partial charge < -0.3 is 10.1 Å². The summed E-state index contributed by atoms with van der Waals surface area (Å²) < 4.78 is 5.14. The number of nitrogens with zero attached hydrogens (tertiary/aromatic N) is 1. The molecule has 0 saturated carbocycles. The lowest BCUT2D eigenvalue weighted by Crippen LogP contribution is -2.42. The highest BCUT2D eigenvalue weighted by atomic mass is 16.5. The van der Waals surface area contributed by atoms with Crippen molar-refractivity contribution in [2.75, 3.05) is 20.2 Å². The van der Waals surface area contributed by atoms with Gasteiger partial charge in [-0.15, -0.1) is 0 Å². The van der Waals surface area contributed by atoms with E-state index < -0.39 is 0 Å². The van der Waals surface area contributed by atoms with Gasteiger partial charge in [0.05, 0.1) is 0 Å². The molecule has 15 heavy (non-hydrogen) atoms. The molecule has 0 spiro atoms. The summed E-state index contributed by atoms with van der Waals surface area (Å²) in [4.78, 5) is 13.5. The number of carbonyl (C=O) groups is 1. The van der Waals surface area contributed by atoms with Gasteiger partial charge in [0.25, 0.3) is 0 Å². The molecular weight excluding hydrogens is 192 g/mol. The van der Waals surface area contributed by atoms with E-state index in [4.69, 9.17) is 4.74 Å². The first-order valence-electron chi connectivity index (χ1n) is 5.77. The van der Waals surface area contributed by atoms with Crippen molar-refractivity contribution in [3.63, 3.8) is 0 Å². The summed E-state index contributed by atoms with van der Waals surface area (Å²) in [6.07, 6.45) is 4.67. The number of fused-ring (bicyclic) bond motifs is 1. The van der Waals surface area contributed by atoms with E-state index >= 15 is 0 Å². The Morgan fingerprint density at radius 2 is 2.40 bits per heavy atom. The Balaban J connectivity index is 1.87. The number of hydrogen-bond donors (Lipinski definition) is 1. The van der Waals surface area contributed by atoms with Crippen LogP contribution in [0.3, 0.4) is 0 Å². The first-order valence-corrected chi connectivity index (χ1v) is 5.77. The minimum atomic E-state index is -0.317. The first-order chi connectivity index (χ1) is 7.15. The van der Waals surface area contributed by atoms with Gasteiger partial charge in [0.1, 0.15) is 6.61 Å². The van der Waals surface area contributed by atoms with Crippen LogP contribution >= 0.6 is 0 Å². The molecule has 0 bridgehead atoms. The van der Waals surface area contributed by atoms with Gasteiger partial charge >= 0.3 is 6.09 Å². The van der Waals surface area contributed by atoms with Crippen molar-refractivity contribution < 1.29 is 9.53 Å². The Bertz CT molecular complexity index is 257. The summed E-state index contributed by atoms with van der Waals surface area (Å²) in [7, 11) is 1.59. The predicted octanol–water partition coefficient (Wildman–Crippen LogP) is 1.36. The maximum atomic E-state index is 11.0. The summed E-state index contributed by atoms with van der Waals surface area (Å²) in [5, 5.41) is 2.48. The highest BCUT2D eigenvalue weighted by molar-refractivity contribution is 5.66. The molecule has 0 aliphatic carbocycles. The van der Waals surface area contributed by atoms with E-state index in [2.05, 4.69) is 17.1 Å². The average Bonchev–Trinajstić information content (AvgIpc) is 2.72. The van der Waals surface area contributed by atoms with E-state index in [9.17, 15) is 4.79 Å². The summed E-state index contributed by atoms with van der Waals surface area (Å²) in [6.45, 7) is 4.04. The maximum Gasteiger partial charge on any atom is 0.406 e. The second kappa shape index (κ2) is 4.00. The molecule has 1 N–H and O–H groups in total. The SMILES string of the molecule is CNC(=O)OCC1CCC2(C)CCCN12. The van der Waals surface area contributed by atoms with Crippen LogP contribution in [0.15, 0.2) is 0 Å². The Morgan fingerprint density at radius 1 is 1.60 bits per heavy atom. The smallest absolute Gasteiger partial charge is 0.406 e. The van der Waals surface area contributed by atoms with Crippen molar-refractivity contribution in [3.05, 3.63) is 0 Å². The second-order valence-corrected chi connectivity index (χ2v) is 4.83. The predicted molar refractivity (Wildman–Crippen MR) is 57.8 cm³/mol. The summed E-state index contributed by atoms with van der Waals surface area (Å²) in [6, 6.07) is 0.440. The third-order valence-electron chi connectivity index (χ3n) is 3.88. The van der Waals surface area contributed by atoms with Crippen LogP contribution in [-0.2, 0) is 4.74 Å². The van der Waals surface area contributed by atoms with Crippen LogP contribution in [0.25, 0.3) is 0 Å². The number of rotatable bonds is 2. The van der Waals surface area contributed by atoms with Gasteiger partial charge in [-0.2, -0.15) is 0 Å². The van der Waals surface area contributed by atoms with Crippen LogP contribution < -0.4 is 5.32 Å². The van der Waals surface area contributed by atoms with Gasteiger partial charge in [-0.25, -0.2) is 4.79 Å². The second-order valence-electron chi connectivity index (χ2n) is 4.83. The van der Waals surface area contributed by atoms with Gasteiger partial charge in [-0.05, 0) is 39.2 Å². The molecule has 0 aromatic carbocycles. The van der Waals surface area contributed by atoms with Crippen molar-refractivity contribution >= 4 is 6.09 Å². The fourth-order valence-electron chi connectivity index (χ4n) is 2.99. The molecule has 2 rings (SSSR count). The van der Waals surface area contributed by atoms with Crippen LogP contribution in [0.4, 0.5) is 4.79 Å². The molecule has 2 aliphatic rings. The molecule has 2 aliphatic heterocycles. The van der Waals surface area contributed by atoms with E-state index in [0.29, 0.717) is 18.2 Å². The van der Waals surface area contributed by atoms with E-state index in [0.717, 1.165) is 13.0 Å². The fourth-order valence-corrected chi connectivity index (χ4v) is 2.99. The third kappa shape index (κ3) is 1.95. The Kier molecular flexibility index (Phi) is 2.87. The van der Waals surface area contributed by atoms with Crippen LogP contribution in [0.1, 0.15) is 32.6 Å². The zero-order chi connectivity index (χ0) is 10.9. The molecule has 2 unspecified atom stereocenters. The zero-order valence-electron chi connectivity index (χ0n) is 9.58. The van der Waals surface area contributed by atoms with Crippen molar-refractivity contribution in [2.24, 2.45) is 0 Å². The van der Waals surface area contributed by atoms with E-state index in [1.54, 1.807) is 7.05 Å². The molecule has 2 saturated heterocycles. The Morgan fingerprint density at radius 3 is 3.13 bits per heavy atom. The highest BCUT2D eigenvalue weighted by Gasteiger charge is 2.45. The van der Waals surface area contributed by atoms with Crippen molar-refractivity contribution in [1.29, 1.82) is 0 Å². The van der Waals surface area contributed by atoms with E-state index in [-0.39, 0.29) is 6.09 Å². The molecule has 86 valence electrons. The van der Waals surface area contributed by atoms with Crippen molar-refractivity contribution in [1.82, 2.24) is 10.2 Å². The summed E-state index contributed by atoms with van der Waals surface area (Å²) >= 11 is 0. The summed E-state index contributed by atoms with van der Waals surface area (Å²) in [5.74, 6) is 0. The summed E-state index contributed by atoms with van der Waals surface area (Å²) in [5.41, 5.74) is 0.386. The minimum absolute atomic E-state index is 0.317. The fraction of sp³-hybridized carbons (Fsp3) is 0.909. The maximum absolute atomic E-state index is 11.0. The number of hydrogen-bond acceptors (Lipinski definition) is 3. The lowest BCUT2D eigenvalue weighted by Gasteiger charge is -2.31. The number of ether oxygens (including phenoxy) is 1. The van der Waals surface area contributed by atoms with Gasteiger partial charge in [-0.1, -0.05) is 0 Å². The topological polar surface area (TPSA) is 41.6 Å². The number of alkyl carbamates (subject to hydrolysis) is 1. The van der Waals surface area contributed by atoms with Crippen LogP contribution in [0.2, 0.25) is 0 Å². The number of amides is 1. The zero-order valence-corrected chi connectivity index (χ0v) is 9.58. The largest absolute Gasteiger partial charge is 0.448 e.